The summed E-state index contributed by atoms with van der Waals surface area (Å²) in [7, 11) is 0. The van der Waals surface area contributed by atoms with Crippen molar-refractivity contribution in [1.29, 1.82) is 0 Å². The summed E-state index contributed by atoms with van der Waals surface area (Å²) in [6, 6.07) is 0. The first-order valence-electron chi connectivity index (χ1n) is 11.0. The molecule has 0 bridgehead atoms. The van der Waals surface area contributed by atoms with Gasteiger partial charge in [-0.05, 0) is 74.3 Å². The quantitative estimate of drug-likeness (QED) is 0.285. The zero-order valence-corrected chi connectivity index (χ0v) is 19.0. The molecule has 0 rings (SSSR count). The average Bonchev–Trinajstić information content (AvgIpc) is 2.44. The van der Waals surface area contributed by atoms with Crippen LogP contribution in [0.1, 0.15) is 107 Å². The number of allylic oxidation sites excluding steroid dienone is 4. The van der Waals surface area contributed by atoms with Gasteiger partial charge in [0.2, 0.25) is 0 Å². The Balaban J connectivity index is 5.00. The van der Waals surface area contributed by atoms with Crippen LogP contribution < -0.4 is 0 Å². The Bertz CT molecular complexity index is 395. The number of hydrogen-bond acceptors (Lipinski definition) is 1. The summed E-state index contributed by atoms with van der Waals surface area (Å²) in [6.07, 6.45) is 13.0. The summed E-state index contributed by atoms with van der Waals surface area (Å²) in [5.41, 5.74) is 2.68. The molecular formula is C25H46O. The van der Waals surface area contributed by atoms with E-state index in [0.717, 1.165) is 37.5 Å². The van der Waals surface area contributed by atoms with E-state index in [4.69, 9.17) is 0 Å². The molecule has 0 radical (unpaired) electrons. The Kier molecular flexibility index (Phi) is 13.8. The number of hydrogen-bond donors (Lipinski definition) is 0. The predicted molar refractivity (Wildman–Crippen MR) is 117 cm³/mol. The van der Waals surface area contributed by atoms with Crippen molar-refractivity contribution in [3.8, 4) is 0 Å². The normalized spacial score (nSPS) is 13.5. The molecule has 1 heteroatoms. The minimum absolute atomic E-state index is 0.213. The van der Waals surface area contributed by atoms with Crippen LogP contribution >= 0.6 is 0 Å². The smallest absolute Gasteiger partial charge is 0.178 e. The summed E-state index contributed by atoms with van der Waals surface area (Å²) in [4.78, 5) is 12.7. The molecule has 0 saturated heterocycles. The van der Waals surface area contributed by atoms with Gasteiger partial charge in [0.15, 0.2) is 5.78 Å². The first kappa shape index (κ1) is 25.1. The van der Waals surface area contributed by atoms with E-state index in [1.807, 2.05) is 12.2 Å². The Labute approximate surface area is 164 Å². The molecule has 0 aromatic heterocycles. The van der Waals surface area contributed by atoms with Gasteiger partial charge < -0.3 is 0 Å². The highest BCUT2D eigenvalue weighted by Gasteiger charge is 2.08. The van der Waals surface area contributed by atoms with Crippen molar-refractivity contribution in [1.82, 2.24) is 0 Å². The van der Waals surface area contributed by atoms with Gasteiger partial charge in [-0.1, -0.05) is 79.4 Å². The average molecular weight is 363 g/mol. The molecule has 0 unspecified atom stereocenters. The lowest BCUT2D eigenvalue weighted by Crippen LogP contribution is -2.01. The van der Waals surface area contributed by atoms with Gasteiger partial charge in [0.1, 0.15) is 0 Å². The van der Waals surface area contributed by atoms with Crippen LogP contribution in [0.25, 0.3) is 0 Å². The van der Waals surface area contributed by atoms with E-state index in [2.05, 4.69) is 55.4 Å². The predicted octanol–water partition coefficient (Wildman–Crippen LogP) is 8.15. The van der Waals surface area contributed by atoms with Gasteiger partial charge in [-0.15, -0.1) is 0 Å². The van der Waals surface area contributed by atoms with Crippen LogP contribution in [-0.4, -0.2) is 5.78 Å². The van der Waals surface area contributed by atoms with Crippen LogP contribution in [0.15, 0.2) is 23.3 Å². The lowest BCUT2D eigenvalue weighted by molar-refractivity contribution is -0.110. The van der Waals surface area contributed by atoms with Crippen molar-refractivity contribution >= 4 is 5.78 Å². The minimum atomic E-state index is 0.213. The Morgan fingerprint density at radius 2 is 0.962 bits per heavy atom. The molecule has 0 atom stereocenters. The Morgan fingerprint density at radius 1 is 0.615 bits per heavy atom. The van der Waals surface area contributed by atoms with Crippen molar-refractivity contribution in [2.24, 2.45) is 23.7 Å². The number of carbonyl (C=O) groups is 1. The molecule has 0 amide bonds. The van der Waals surface area contributed by atoms with E-state index >= 15 is 0 Å². The highest BCUT2D eigenvalue weighted by atomic mass is 16.1. The van der Waals surface area contributed by atoms with Crippen molar-refractivity contribution in [3.05, 3.63) is 23.3 Å². The summed E-state index contributed by atoms with van der Waals surface area (Å²) in [5, 5.41) is 0. The highest BCUT2D eigenvalue weighted by Crippen LogP contribution is 2.22. The molecule has 152 valence electrons. The lowest BCUT2D eigenvalue weighted by atomic mass is 9.93. The standard InChI is InChI=1S/C25H46O/c1-19(2)11-9-13-23(15-21(5)6)17-25(26)18-24(16-22(7)8)14-10-12-20(3)4/h17-22H,9-16H2,1-8H3. The highest BCUT2D eigenvalue weighted by molar-refractivity contribution is 6.00. The van der Waals surface area contributed by atoms with Crippen molar-refractivity contribution in [3.63, 3.8) is 0 Å². The maximum atomic E-state index is 12.7. The zero-order valence-electron chi connectivity index (χ0n) is 19.0. The number of carbonyl (C=O) groups excluding carboxylic acids is 1. The molecule has 0 aliphatic heterocycles. The molecule has 0 aliphatic rings. The third kappa shape index (κ3) is 15.4. The maximum absolute atomic E-state index is 12.7. The van der Waals surface area contributed by atoms with E-state index in [1.165, 1.54) is 36.8 Å². The SMILES string of the molecule is CC(C)CCCC(=CC(=O)C=C(CCCC(C)C)CC(C)C)CC(C)C. The van der Waals surface area contributed by atoms with Crippen LogP contribution in [0.5, 0.6) is 0 Å². The second-order valence-electron chi connectivity index (χ2n) is 9.78. The van der Waals surface area contributed by atoms with Crippen LogP contribution in [0.2, 0.25) is 0 Å². The molecule has 0 spiro atoms. The second-order valence-corrected chi connectivity index (χ2v) is 9.78. The van der Waals surface area contributed by atoms with Gasteiger partial charge in [0.05, 0.1) is 0 Å². The fraction of sp³-hybridized carbons (Fsp3) is 0.800. The monoisotopic (exact) mass is 362 g/mol. The largest absolute Gasteiger partial charge is 0.290 e. The molecule has 0 saturated carbocycles. The zero-order chi connectivity index (χ0) is 20.1. The van der Waals surface area contributed by atoms with Gasteiger partial charge in [-0.25, -0.2) is 0 Å². The molecule has 0 aromatic rings. The summed E-state index contributed by atoms with van der Waals surface area (Å²) in [6.45, 7) is 18.1. The van der Waals surface area contributed by atoms with E-state index < -0.39 is 0 Å². The molecule has 0 heterocycles. The summed E-state index contributed by atoms with van der Waals surface area (Å²) >= 11 is 0. The second kappa shape index (κ2) is 14.2. The van der Waals surface area contributed by atoms with Crippen LogP contribution in [0.3, 0.4) is 0 Å². The molecule has 1 nitrogen and oxygen atoms in total. The van der Waals surface area contributed by atoms with Crippen molar-refractivity contribution in [2.75, 3.05) is 0 Å². The summed E-state index contributed by atoms with van der Waals surface area (Å²) < 4.78 is 0. The molecule has 26 heavy (non-hydrogen) atoms. The van der Waals surface area contributed by atoms with E-state index in [1.54, 1.807) is 0 Å². The molecule has 0 aromatic carbocycles. The van der Waals surface area contributed by atoms with Crippen LogP contribution in [0.4, 0.5) is 0 Å². The molecule has 0 fully saturated rings. The Hall–Kier alpha value is -0.850. The van der Waals surface area contributed by atoms with E-state index in [-0.39, 0.29) is 5.78 Å². The lowest BCUT2D eigenvalue weighted by Gasteiger charge is -2.12. The molecule has 0 aliphatic carbocycles. The summed E-state index contributed by atoms with van der Waals surface area (Å²) in [5.74, 6) is 2.91. The number of rotatable bonds is 14. The van der Waals surface area contributed by atoms with E-state index in [0.29, 0.717) is 11.8 Å². The minimum Gasteiger partial charge on any atom is -0.290 e. The van der Waals surface area contributed by atoms with Crippen molar-refractivity contribution in [2.45, 2.75) is 107 Å². The van der Waals surface area contributed by atoms with Crippen LogP contribution in [-0.2, 0) is 4.79 Å². The van der Waals surface area contributed by atoms with Gasteiger partial charge in [-0.2, -0.15) is 0 Å². The fourth-order valence-electron chi connectivity index (χ4n) is 3.43. The Morgan fingerprint density at radius 3 is 1.23 bits per heavy atom. The third-order valence-electron chi connectivity index (χ3n) is 4.59. The fourth-order valence-corrected chi connectivity index (χ4v) is 3.43. The molecular weight excluding hydrogens is 316 g/mol. The topological polar surface area (TPSA) is 17.1 Å². The van der Waals surface area contributed by atoms with E-state index in [9.17, 15) is 4.79 Å². The first-order chi connectivity index (χ1) is 12.1. The van der Waals surface area contributed by atoms with Gasteiger partial charge in [0.25, 0.3) is 0 Å². The van der Waals surface area contributed by atoms with Gasteiger partial charge in [-0.3, -0.25) is 4.79 Å². The third-order valence-corrected chi connectivity index (χ3v) is 4.59. The van der Waals surface area contributed by atoms with Crippen molar-refractivity contribution < 1.29 is 4.79 Å². The first-order valence-corrected chi connectivity index (χ1v) is 11.0. The molecule has 0 N–H and O–H groups in total. The van der Waals surface area contributed by atoms with Crippen LogP contribution in [0, 0.1) is 23.7 Å². The maximum Gasteiger partial charge on any atom is 0.178 e. The van der Waals surface area contributed by atoms with Gasteiger partial charge >= 0.3 is 0 Å². The van der Waals surface area contributed by atoms with Gasteiger partial charge in [0, 0.05) is 0 Å². The number of ketones is 1.